The molecule has 5 atom stereocenters. The molecule has 0 unspecified atom stereocenters. The van der Waals surface area contributed by atoms with Gasteiger partial charge in [-0.3, -0.25) is 14.5 Å². The van der Waals surface area contributed by atoms with Gasteiger partial charge in [-0.1, -0.05) is 55.5 Å². The maximum Gasteiger partial charge on any atom is 0.275 e. The average molecular weight is 457 g/mol. The molecule has 1 aliphatic carbocycles. The third kappa shape index (κ3) is 3.22. The first kappa shape index (κ1) is 21.5. The van der Waals surface area contributed by atoms with Crippen LogP contribution >= 0.6 is 0 Å². The standard InChI is InChI=1S/C28H32N4O2/c1-28-16-23-22(15-19-9-4-3-5-10-19)32(25(28)14-8-13-24(28)30(23)2)26(33)18-31-27(34)21-12-7-6-11-20(21)17-29-31/h3-7,9-12,17,22-25H,8,13-16,18H2,1-2H3/t22-,23-,24-,25+,28-/m0/s1. The number of likely N-dealkylation sites (tertiary alicyclic amines) is 2. The molecule has 0 N–H and O–H groups in total. The molecule has 6 nitrogen and oxygen atoms in total. The topological polar surface area (TPSA) is 58.4 Å². The van der Waals surface area contributed by atoms with Gasteiger partial charge in [-0.05, 0) is 50.8 Å². The Morgan fingerprint density at radius 2 is 1.79 bits per heavy atom. The molecular formula is C28H32N4O2. The molecule has 6 heteroatoms. The van der Waals surface area contributed by atoms with Crippen molar-refractivity contribution in [3.05, 3.63) is 76.7 Å². The van der Waals surface area contributed by atoms with Gasteiger partial charge < -0.3 is 4.90 Å². The quantitative estimate of drug-likeness (QED) is 0.603. The van der Waals surface area contributed by atoms with Crippen LogP contribution in [0.15, 0.2) is 65.6 Å². The summed E-state index contributed by atoms with van der Waals surface area (Å²) in [5.74, 6) is 0.0164. The van der Waals surface area contributed by atoms with Crippen molar-refractivity contribution in [3.8, 4) is 0 Å². The summed E-state index contributed by atoms with van der Waals surface area (Å²) in [5, 5.41) is 5.77. The lowest BCUT2D eigenvalue weighted by atomic mass is 9.64. The first-order valence-corrected chi connectivity index (χ1v) is 12.5. The number of hydrogen-bond donors (Lipinski definition) is 0. The van der Waals surface area contributed by atoms with Gasteiger partial charge in [0.25, 0.3) is 5.56 Å². The Bertz CT molecular complexity index is 1290. The highest BCUT2D eigenvalue weighted by atomic mass is 16.2. The third-order valence-corrected chi connectivity index (χ3v) is 8.90. The van der Waals surface area contributed by atoms with Crippen LogP contribution in [-0.4, -0.2) is 56.7 Å². The number of benzene rings is 2. The summed E-state index contributed by atoms with van der Waals surface area (Å²) in [4.78, 5) is 31.9. The number of fused-ring (bicyclic) bond motifs is 2. The fourth-order valence-electron chi connectivity index (χ4n) is 7.33. The lowest BCUT2D eigenvalue weighted by Crippen LogP contribution is -2.63. The summed E-state index contributed by atoms with van der Waals surface area (Å²) in [6.45, 7) is 2.38. The number of piperidine rings is 1. The van der Waals surface area contributed by atoms with E-state index in [-0.39, 0.29) is 35.5 Å². The lowest BCUT2D eigenvalue weighted by molar-refractivity contribution is -0.145. The summed E-state index contributed by atoms with van der Waals surface area (Å²) in [6, 6.07) is 19.1. The molecule has 3 aliphatic rings. The van der Waals surface area contributed by atoms with Crippen molar-refractivity contribution >= 4 is 16.7 Å². The van der Waals surface area contributed by atoms with Gasteiger partial charge in [0.15, 0.2) is 0 Å². The van der Waals surface area contributed by atoms with Crippen molar-refractivity contribution in [3.63, 3.8) is 0 Å². The zero-order valence-electron chi connectivity index (χ0n) is 19.9. The predicted molar refractivity (Wildman–Crippen MR) is 132 cm³/mol. The molecule has 1 saturated carbocycles. The highest BCUT2D eigenvalue weighted by molar-refractivity contribution is 5.81. The molecule has 2 saturated heterocycles. The second kappa shape index (κ2) is 8.05. The highest BCUT2D eigenvalue weighted by Crippen LogP contribution is 2.55. The number of nitrogens with zero attached hydrogens (tertiary/aromatic N) is 4. The van der Waals surface area contributed by atoms with Gasteiger partial charge in [0.1, 0.15) is 6.54 Å². The van der Waals surface area contributed by atoms with E-state index in [1.807, 2.05) is 24.3 Å². The van der Waals surface area contributed by atoms with Crippen molar-refractivity contribution in [2.24, 2.45) is 5.41 Å². The Labute approximate surface area is 200 Å². The van der Waals surface area contributed by atoms with Crippen molar-refractivity contribution in [2.75, 3.05) is 7.05 Å². The van der Waals surface area contributed by atoms with E-state index < -0.39 is 0 Å². The maximum absolute atomic E-state index is 14.0. The lowest BCUT2D eigenvalue weighted by Gasteiger charge is -2.53. The van der Waals surface area contributed by atoms with E-state index in [0.29, 0.717) is 17.5 Å². The maximum atomic E-state index is 14.0. The Balaban J connectivity index is 1.39. The smallest absolute Gasteiger partial charge is 0.275 e. The van der Waals surface area contributed by atoms with Gasteiger partial charge in [-0.2, -0.15) is 5.10 Å². The minimum Gasteiger partial charge on any atom is -0.333 e. The second-order valence-electron chi connectivity index (χ2n) is 10.7. The SMILES string of the molecule is CN1[C@H]2CCC[C@H]3N(C(=O)Cn4ncc5ccccc5c4=O)[C@@H](Cc4ccccc4)[C@@H]1C[C@@]23C. The number of amides is 1. The van der Waals surface area contributed by atoms with Crippen LogP contribution in [-0.2, 0) is 17.8 Å². The largest absolute Gasteiger partial charge is 0.333 e. The second-order valence-corrected chi connectivity index (χ2v) is 10.7. The van der Waals surface area contributed by atoms with Crippen LogP contribution < -0.4 is 5.56 Å². The molecule has 34 heavy (non-hydrogen) atoms. The van der Waals surface area contributed by atoms with Crippen LogP contribution in [0.4, 0.5) is 0 Å². The molecule has 6 rings (SSSR count). The molecule has 176 valence electrons. The molecule has 0 spiro atoms. The first-order chi connectivity index (χ1) is 16.5. The molecule has 2 aliphatic heterocycles. The van der Waals surface area contributed by atoms with Gasteiger partial charge in [0, 0.05) is 28.9 Å². The number of carbonyl (C=O) groups is 1. The van der Waals surface area contributed by atoms with Gasteiger partial charge >= 0.3 is 0 Å². The number of hydrogen-bond acceptors (Lipinski definition) is 4. The van der Waals surface area contributed by atoms with Gasteiger partial charge in [-0.25, -0.2) is 4.68 Å². The van der Waals surface area contributed by atoms with E-state index in [1.54, 1.807) is 12.3 Å². The zero-order chi connectivity index (χ0) is 23.4. The monoisotopic (exact) mass is 456 g/mol. The van der Waals surface area contributed by atoms with Crippen LogP contribution in [0.2, 0.25) is 0 Å². The summed E-state index contributed by atoms with van der Waals surface area (Å²) in [7, 11) is 2.25. The minimum atomic E-state index is -0.198. The van der Waals surface area contributed by atoms with Crippen LogP contribution in [0.5, 0.6) is 0 Å². The van der Waals surface area contributed by atoms with E-state index in [4.69, 9.17) is 0 Å². The first-order valence-electron chi connectivity index (χ1n) is 12.5. The Kier molecular flexibility index (Phi) is 5.10. The van der Waals surface area contributed by atoms with Gasteiger partial charge in [-0.15, -0.1) is 0 Å². The summed E-state index contributed by atoms with van der Waals surface area (Å²) < 4.78 is 1.35. The predicted octanol–water partition coefficient (Wildman–Crippen LogP) is 3.48. The van der Waals surface area contributed by atoms with E-state index in [2.05, 4.69) is 53.1 Å². The fourth-order valence-corrected chi connectivity index (χ4v) is 7.33. The minimum absolute atomic E-state index is 0.0113. The van der Waals surface area contributed by atoms with Crippen molar-refractivity contribution in [2.45, 2.75) is 69.7 Å². The summed E-state index contributed by atoms with van der Waals surface area (Å²) in [6.07, 6.45) is 7.03. The number of rotatable bonds is 4. The Hall–Kier alpha value is -2.99. The Morgan fingerprint density at radius 1 is 1.06 bits per heavy atom. The molecule has 1 amide bonds. The van der Waals surface area contributed by atoms with Crippen molar-refractivity contribution in [1.29, 1.82) is 0 Å². The zero-order valence-corrected chi connectivity index (χ0v) is 19.9. The molecule has 3 fully saturated rings. The van der Waals surface area contributed by atoms with Gasteiger partial charge in [0.2, 0.25) is 5.91 Å². The molecule has 0 radical (unpaired) electrons. The van der Waals surface area contributed by atoms with Gasteiger partial charge in [0.05, 0.1) is 17.6 Å². The highest BCUT2D eigenvalue weighted by Gasteiger charge is 2.62. The van der Waals surface area contributed by atoms with Crippen LogP contribution in [0.25, 0.3) is 10.8 Å². The number of likely N-dealkylation sites (N-methyl/N-ethyl adjacent to an activating group) is 1. The van der Waals surface area contributed by atoms with E-state index in [1.165, 1.54) is 16.7 Å². The molecule has 2 aromatic carbocycles. The van der Waals surface area contributed by atoms with Crippen molar-refractivity contribution in [1.82, 2.24) is 19.6 Å². The molecular weight excluding hydrogens is 424 g/mol. The Morgan fingerprint density at radius 3 is 2.62 bits per heavy atom. The molecule has 3 aromatic rings. The fraction of sp³-hybridized carbons (Fsp3) is 0.464. The summed E-state index contributed by atoms with van der Waals surface area (Å²) >= 11 is 0. The number of carbonyl (C=O) groups excluding carboxylic acids is 1. The van der Waals surface area contributed by atoms with Crippen LogP contribution in [0.3, 0.4) is 0 Å². The molecule has 1 aromatic heterocycles. The molecule has 2 bridgehead atoms. The summed E-state index contributed by atoms with van der Waals surface area (Å²) in [5.41, 5.74) is 1.16. The average Bonchev–Trinajstić information content (AvgIpc) is 3.12. The third-order valence-electron chi connectivity index (χ3n) is 8.90. The normalized spacial score (nSPS) is 30.6. The van der Waals surface area contributed by atoms with E-state index in [9.17, 15) is 9.59 Å². The van der Waals surface area contributed by atoms with Crippen LogP contribution in [0.1, 0.15) is 38.2 Å². The molecule has 3 heterocycles. The van der Waals surface area contributed by atoms with Crippen molar-refractivity contribution < 1.29 is 4.79 Å². The van der Waals surface area contributed by atoms with E-state index >= 15 is 0 Å². The van der Waals surface area contributed by atoms with E-state index in [0.717, 1.165) is 31.1 Å². The number of aromatic nitrogens is 2. The van der Waals surface area contributed by atoms with Crippen LogP contribution in [0, 0.1) is 5.41 Å².